The monoisotopic (exact) mass is 279 g/mol. The van der Waals surface area contributed by atoms with Gasteiger partial charge in [-0.05, 0) is 34.5 Å². The molecule has 1 aromatic heterocycles. The molecule has 0 fully saturated rings. The summed E-state index contributed by atoms with van der Waals surface area (Å²) in [6.45, 7) is 0. The molecule has 0 atom stereocenters. The minimum atomic E-state index is -1.41. The third-order valence-electron chi connectivity index (χ3n) is 2.45. The van der Waals surface area contributed by atoms with Crippen LogP contribution < -0.4 is 5.32 Å². The summed E-state index contributed by atoms with van der Waals surface area (Å²) in [7, 11) is 0. The first-order valence-corrected chi connectivity index (χ1v) is 6.35. The Labute approximate surface area is 112 Å². The molecule has 1 heterocycles. The van der Waals surface area contributed by atoms with Gasteiger partial charge >= 0.3 is 5.97 Å². The molecular weight excluding hydrogens is 269 g/mol. The molecule has 0 aliphatic carbocycles. The molecule has 1 amide bonds. The fraction of sp³-hybridized carbons (Fsp3) is 0.0769. The van der Waals surface area contributed by atoms with E-state index in [2.05, 4.69) is 5.32 Å². The van der Waals surface area contributed by atoms with Crippen LogP contribution in [0.3, 0.4) is 0 Å². The number of amides is 1. The summed E-state index contributed by atoms with van der Waals surface area (Å²) >= 11 is 1.46. The van der Waals surface area contributed by atoms with Gasteiger partial charge in [-0.1, -0.05) is 6.07 Å². The van der Waals surface area contributed by atoms with Crippen molar-refractivity contribution in [2.24, 2.45) is 0 Å². The van der Waals surface area contributed by atoms with Crippen molar-refractivity contribution in [3.8, 4) is 0 Å². The van der Waals surface area contributed by atoms with Crippen molar-refractivity contribution in [3.05, 3.63) is 52.0 Å². The zero-order chi connectivity index (χ0) is 13.8. The Hall–Kier alpha value is -2.21. The molecule has 0 saturated carbocycles. The fourth-order valence-corrected chi connectivity index (χ4v) is 2.29. The molecule has 98 valence electrons. The van der Waals surface area contributed by atoms with E-state index in [0.717, 1.165) is 11.6 Å². The molecule has 19 heavy (non-hydrogen) atoms. The molecule has 0 aliphatic rings. The summed E-state index contributed by atoms with van der Waals surface area (Å²) in [6, 6.07) is 5.55. The zero-order valence-corrected chi connectivity index (χ0v) is 10.5. The first-order chi connectivity index (χ1) is 9.08. The van der Waals surface area contributed by atoms with Crippen LogP contribution in [0.5, 0.6) is 0 Å². The van der Waals surface area contributed by atoms with Crippen LogP contribution in [0.2, 0.25) is 0 Å². The number of thiophene rings is 1. The van der Waals surface area contributed by atoms with E-state index >= 15 is 0 Å². The molecule has 0 bridgehead atoms. The Morgan fingerprint density at radius 3 is 2.74 bits per heavy atom. The Morgan fingerprint density at radius 1 is 1.32 bits per heavy atom. The second-order valence-corrected chi connectivity index (χ2v) is 4.60. The molecule has 4 nitrogen and oxygen atoms in total. The molecule has 2 N–H and O–H groups in total. The van der Waals surface area contributed by atoms with Gasteiger partial charge in [-0.15, -0.1) is 0 Å². The van der Waals surface area contributed by atoms with Crippen molar-refractivity contribution >= 4 is 28.9 Å². The number of halogens is 1. The Morgan fingerprint density at radius 2 is 2.11 bits per heavy atom. The molecule has 0 aliphatic heterocycles. The lowest BCUT2D eigenvalue weighted by atomic mass is 10.1. The van der Waals surface area contributed by atoms with E-state index in [1.165, 1.54) is 23.5 Å². The third-order valence-corrected chi connectivity index (χ3v) is 3.18. The van der Waals surface area contributed by atoms with E-state index in [0.29, 0.717) is 0 Å². The summed E-state index contributed by atoms with van der Waals surface area (Å²) in [5.41, 5.74) is 0.268. The molecule has 1 aromatic carbocycles. The number of rotatable bonds is 4. The molecule has 2 rings (SSSR count). The van der Waals surface area contributed by atoms with Gasteiger partial charge in [0.25, 0.3) is 0 Å². The van der Waals surface area contributed by atoms with E-state index in [1.807, 2.05) is 10.8 Å². The van der Waals surface area contributed by atoms with Gasteiger partial charge in [0, 0.05) is 0 Å². The summed E-state index contributed by atoms with van der Waals surface area (Å²) in [6.07, 6.45) is 0.124. The highest BCUT2D eigenvalue weighted by molar-refractivity contribution is 7.08. The van der Waals surface area contributed by atoms with Gasteiger partial charge in [0.05, 0.1) is 12.1 Å². The van der Waals surface area contributed by atoms with Gasteiger partial charge in [-0.2, -0.15) is 11.3 Å². The standard InChI is InChI=1S/C13H10FNO3S/c14-9-2-1-3-10(12(9)13(17)18)15-11(16)6-8-4-5-19-7-8/h1-5,7H,6H2,(H,15,16)(H,17,18). The predicted octanol–water partition coefficient (Wildman–Crippen LogP) is 2.77. The number of carboxylic acids is 1. The van der Waals surface area contributed by atoms with Gasteiger partial charge in [-0.25, -0.2) is 9.18 Å². The predicted molar refractivity (Wildman–Crippen MR) is 70.0 cm³/mol. The van der Waals surface area contributed by atoms with Crippen molar-refractivity contribution in [3.63, 3.8) is 0 Å². The lowest BCUT2D eigenvalue weighted by Gasteiger charge is -2.08. The number of anilines is 1. The molecule has 0 radical (unpaired) electrons. The quantitative estimate of drug-likeness (QED) is 0.904. The van der Waals surface area contributed by atoms with E-state index in [9.17, 15) is 14.0 Å². The van der Waals surface area contributed by atoms with Gasteiger partial charge in [0.2, 0.25) is 5.91 Å². The number of hydrogen-bond donors (Lipinski definition) is 2. The lowest BCUT2D eigenvalue weighted by molar-refractivity contribution is -0.115. The summed E-state index contributed by atoms with van der Waals surface area (Å²) in [5.74, 6) is -2.67. The Bertz CT molecular complexity index is 610. The van der Waals surface area contributed by atoms with E-state index in [-0.39, 0.29) is 18.0 Å². The molecule has 0 spiro atoms. The van der Waals surface area contributed by atoms with Crippen LogP contribution in [0.1, 0.15) is 15.9 Å². The Kier molecular flexibility index (Phi) is 3.91. The average Bonchev–Trinajstić information content (AvgIpc) is 2.81. The van der Waals surface area contributed by atoms with E-state index < -0.39 is 17.3 Å². The van der Waals surface area contributed by atoms with Crippen LogP contribution >= 0.6 is 11.3 Å². The highest BCUT2D eigenvalue weighted by Gasteiger charge is 2.17. The molecular formula is C13H10FNO3S. The minimum Gasteiger partial charge on any atom is -0.478 e. The number of benzene rings is 1. The number of carbonyl (C=O) groups excluding carboxylic acids is 1. The average molecular weight is 279 g/mol. The van der Waals surface area contributed by atoms with Crippen LogP contribution in [0.25, 0.3) is 0 Å². The van der Waals surface area contributed by atoms with Gasteiger partial charge in [0.15, 0.2) is 0 Å². The number of nitrogens with one attached hydrogen (secondary N) is 1. The van der Waals surface area contributed by atoms with Crippen LogP contribution in [0, 0.1) is 5.82 Å². The molecule has 0 unspecified atom stereocenters. The van der Waals surface area contributed by atoms with E-state index in [4.69, 9.17) is 5.11 Å². The first kappa shape index (κ1) is 13.2. The first-order valence-electron chi connectivity index (χ1n) is 5.40. The van der Waals surface area contributed by atoms with Gasteiger partial charge in [-0.3, -0.25) is 4.79 Å². The number of hydrogen-bond acceptors (Lipinski definition) is 3. The van der Waals surface area contributed by atoms with Crippen molar-refractivity contribution in [1.29, 1.82) is 0 Å². The minimum absolute atomic E-state index is 0.0345. The van der Waals surface area contributed by atoms with Crippen LogP contribution in [0.15, 0.2) is 35.0 Å². The van der Waals surface area contributed by atoms with E-state index in [1.54, 1.807) is 6.07 Å². The smallest absolute Gasteiger partial charge is 0.340 e. The van der Waals surface area contributed by atoms with Gasteiger partial charge < -0.3 is 10.4 Å². The SMILES string of the molecule is O=C(Cc1ccsc1)Nc1cccc(F)c1C(=O)O. The van der Waals surface area contributed by atoms with Crippen LogP contribution in [0.4, 0.5) is 10.1 Å². The largest absolute Gasteiger partial charge is 0.478 e. The maximum atomic E-state index is 13.4. The summed E-state index contributed by atoms with van der Waals surface area (Å²) in [4.78, 5) is 22.7. The molecule has 6 heteroatoms. The van der Waals surface area contributed by atoms with Crippen molar-refractivity contribution in [1.82, 2.24) is 0 Å². The summed E-state index contributed by atoms with van der Waals surface area (Å²) < 4.78 is 13.4. The maximum absolute atomic E-state index is 13.4. The lowest BCUT2D eigenvalue weighted by Crippen LogP contribution is -2.17. The van der Waals surface area contributed by atoms with Crippen molar-refractivity contribution in [2.45, 2.75) is 6.42 Å². The second kappa shape index (κ2) is 5.62. The fourth-order valence-electron chi connectivity index (χ4n) is 1.62. The third kappa shape index (κ3) is 3.17. The maximum Gasteiger partial charge on any atom is 0.340 e. The van der Waals surface area contributed by atoms with Gasteiger partial charge in [0.1, 0.15) is 11.4 Å². The van der Waals surface area contributed by atoms with Crippen molar-refractivity contribution < 1.29 is 19.1 Å². The highest BCUT2D eigenvalue weighted by atomic mass is 32.1. The normalized spacial score (nSPS) is 10.2. The number of carbonyl (C=O) groups is 2. The molecule has 0 saturated heterocycles. The van der Waals surface area contributed by atoms with Crippen LogP contribution in [-0.2, 0) is 11.2 Å². The topological polar surface area (TPSA) is 66.4 Å². The Balaban J connectivity index is 2.17. The highest BCUT2D eigenvalue weighted by Crippen LogP contribution is 2.19. The number of aromatic carboxylic acids is 1. The van der Waals surface area contributed by atoms with Crippen molar-refractivity contribution in [2.75, 3.05) is 5.32 Å². The number of carboxylic acid groups (broad SMARTS) is 1. The second-order valence-electron chi connectivity index (χ2n) is 3.82. The zero-order valence-electron chi connectivity index (χ0n) is 9.72. The molecule has 2 aromatic rings. The summed E-state index contributed by atoms with van der Waals surface area (Å²) in [5, 5.41) is 15.0. The van der Waals surface area contributed by atoms with Crippen LogP contribution in [-0.4, -0.2) is 17.0 Å².